The number of piperidine rings is 1. The molecule has 1 saturated carbocycles. The maximum Gasteiger partial charge on any atom is 0.227 e. The van der Waals surface area contributed by atoms with Crippen LogP contribution in [0.2, 0.25) is 0 Å². The molecule has 0 bridgehead atoms. The second kappa shape index (κ2) is 6.27. The summed E-state index contributed by atoms with van der Waals surface area (Å²) in [5, 5.41) is 0. The van der Waals surface area contributed by atoms with E-state index >= 15 is 0 Å². The van der Waals surface area contributed by atoms with Crippen LogP contribution in [0, 0.1) is 11.8 Å². The van der Waals surface area contributed by atoms with Gasteiger partial charge in [-0.2, -0.15) is 0 Å². The molecule has 4 unspecified atom stereocenters. The zero-order valence-corrected chi connectivity index (χ0v) is 14.2. The molecule has 3 heteroatoms. The normalized spacial score (nSPS) is 34.8. The third-order valence-electron chi connectivity index (χ3n) is 6.21. The molecule has 3 aliphatic rings. The van der Waals surface area contributed by atoms with Crippen LogP contribution in [-0.4, -0.2) is 48.4 Å². The van der Waals surface area contributed by atoms with Crippen molar-refractivity contribution in [3.8, 4) is 0 Å². The average molecular weight is 312 g/mol. The highest BCUT2D eigenvalue weighted by Crippen LogP contribution is 2.53. The van der Waals surface area contributed by atoms with E-state index in [9.17, 15) is 4.79 Å². The highest BCUT2D eigenvalue weighted by molar-refractivity contribution is 5.81. The number of carbonyl (C=O) groups is 1. The molecule has 2 saturated heterocycles. The summed E-state index contributed by atoms with van der Waals surface area (Å²) in [6, 6.07) is 11.3. The Morgan fingerprint density at radius 3 is 2.52 bits per heavy atom. The third kappa shape index (κ3) is 3.03. The van der Waals surface area contributed by atoms with E-state index in [4.69, 9.17) is 0 Å². The van der Waals surface area contributed by atoms with Crippen LogP contribution in [0.4, 0.5) is 0 Å². The molecule has 3 nitrogen and oxygen atoms in total. The fraction of sp³-hybridized carbons (Fsp3) is 0.650. The summed E-state index contributed by atoms with van der Waals surface area (Å²) in [6.45, 7) is 3.37. The fourth-order valence-electron chi connectivity index (χ4n) is 4.79. The topological polar surface area (TPSA) is 23.6 Å². The average Bonchev–Trinajstić information content (AvgIpc) is 3.34. The summed E-state index contributed by atoms with van der Waals surface area (Å²) >= 11 is 0. The molecule has 124 valence electrons. The molecule has 0 N–H and O–H groups in total. The molecule has 2 heterocycles. The lowest BCUT2D eigenvalue weighted by molar-refractivity contribution is -0.131. The smallest absolute Gasteiger partial charge is 0.227 e. The number of benzene rings is 1. The SMILES string of the molecule is CN1C(=O)C(CN2CCCCC2)CC1C1CC1c1ccccc1. The number of rotatable bonds is 4. The van der Waals surface area contributed by atoms with Crippen LogP contribution in [0.3, 0.4) is 0 Å². The van der Waals surface area contributed by atoms with Gasteiger partial charge in [-0.05, 0) is 56.2 Å². The van der Waals surface area contributed by atoms with Gasteiger partial charge in [0.2, 0.25) is 5.91 Å². The number of hydrogen-bond acceptors (Lipinski definition) is 2. The molecule has 1 aliphatic carbocycles. The van der Waals surface area contributed by atoms with E-state index in [-0.39, 0.29) is 5.92 Å². The van der Waals surface area contributed by atoms with Crippen molar-refractivity contribution in [1.29, 1.82) is 0 Å². The van der Waals surface area contributed by atoms with Crippen LogP contribution in [0.15, 0.2) is 30.3 Å². The van der Waals surface area contributed by atoms with Crippen molar-refractivity contribution in [2.24, 2.45) is 11.8 Å². The predicted molar refractivity (Wildman–Crippen MR) is 92.2 cm³/mol. The van der Waals surface area contributed by atoms with Gasteiger partial charge in [0, 0.05) is 19.6 Å². The van der Waals surface area contributed by atoms with Gasteiger partial charge in [0.25, 0.3) is 0 Å². The second-order valence-corrected chi connectivity index (χ2v) is 7.73. The lowest BCUT2D eigenvalue weighted by Gasteiger charge is -2.28. The quantitative estimate of drug-likeness (QED) is 0.853. The Labute approximate surface area is 139 Å². The first-order chi connectivity index (χ1) is 11.2. The van der Waals surface area contributed by atoms with E-state index in [1.54, 1.807) is 0 Å². The van der Waals surface area contributed by atoms with Crippen LogP contribution in [0.1, 0.15) is 43.6 Å². The van der Waals surface area contributed by atoms with Gasteiger partial charge in [0.15, 0.2) is 0 Å². The summed E-state index contributed by atoms with van der Waals surface area (Å²) in [6.07, 6.45) is 6.29. The van der Waals surface area contributed by atoms with Crippen LogP contribution in [-0.2, 0) is 4.79 Å². The molecule has 23 heavy (non-hydrogen) atoms. The largest absolute Gasteiger partial charge is 0.342 e. The maximum atomic E-state index is 12.7. The van der Waals surface area contributed by atoms with Gasteiger partial charge < -0.3 is 9.80 Å². The molecule has 1 amide bonds. The van der Waals surface area contributed by atoms with Gasteiger partial charge in [-0.15, -0.1) is 0 Å². The molecule has 4 rings (SSSR count). The molecule has 2 aliphatic heterocycles. The van der Waals surface area contributed by atoms with Crippen molar-refractivity contribution in [2.75, 3.05) is 26.7 Å². The number of hydrogen-bond donors (Lipinski definition) is 0. The van der Waals surface area contributed by atoms with Crippen molar-refractivity contribution < 1.29 is 4.79 Å². The van der Waals surface area contributed by atoms with E-state index in [0.717, 1.165) is 13.0 Å². The summed E-state index contributed by atoms with van der Waals surface area (Å²) in [5.74, 6) is 1.97. The van der Waals surface area contributed by atoms with E-state index in [2.05, 4.69) is 40.1 Å². The Morgan fingerprint density at radius 2 is 1.78 bits per heavy atom. The Kier molecular flexibility index (Phi) is 4.14. The monoisotopic (exact) mass is 312 g/mol. The fourth-order valence-corrected chi connectivity index (χ4v) is 4.79. The van der Waals surface area contributed by atoms with Crippen LogP contribution in [0.5, 0.6) is 0 Å². The minimum Gasteiger partial charge on any atom is -0.342 e. The predicted octanol–water partition coefficient (Wildman–Crippen LogP) is 3.12. The molecule has 4 atom stereocenters. The van der Waals surface area contributed by atoms with Crippen LogP contribution >= 0.6 is 0 Å². The van der Waals surface area contributed by atoms with E-state index < -0.39 is 0 Å². The molecular formula is C20H28N2O. The lowest BCUT2D eigenvalue weighted by Crippen LogP contribution is -2.37. The summed E-state index contributed by atoms with van der Waals surface area (Å²) < 4.78 is 0. The van der Waals surface area contributed by atoms with E-state index in [0.29, 0.717) is 23.8 Å². The molecule has 1 aromatic rings. The van der Waals surface area contributed by atoms with Crippen molar-refractivity contribution in [3.05, 3.63) is 35.9 Å². The highest BCUT2D eigenvalue weighted by Gasteiger charge is 2.51. The van der Waals surface area contributed by atoms with E-state index in [1.165, 1.54) is 44.3 Å². The van der Waals surface area contributed by atoms with E-state index in [1.807, 2.05) is 7.05 Å². The first-order valence-electron chi connectivity index (χ1n) is 9.28. The molecule has 0 spiro atoms. The van der Waals surface area contributed by atoms with Crippen molar-refractivity contribution >= 4 is 5.91 Å². The van der Waals surface area contributed by atoms with Crippen molar-refractivity contribution in [1.82, 2.24) is 9.80 Å². The molecule has 0 aromatic heterocycles. The standard InChI is InChI=1S/C20H28N2O/c1-21-19(18-13-17(18)15-8-4-2-5-9-15)12-16(20(21)23)14-22-10-6-3-7-11-22/h2,4-5,8-9,16-19H,3,6-7,10-14H2,1H3. The number of nitrogens with zero attached hydrogens (tertiary/aromatic N) is 2. The summed E-state index contributed by atoms with van der Waals surface area (Å²) in [7, 11) is 2.03. The Balaban J connectivity index is 1.38. The first kappa shape index (κ1) is 15.2. The Bertz CT molecular complexity index is 552. The van der Waals surface area contributed by atoms with Gasteiger partial charge in [0.1, 0.15) is 0 Å². The maximum absolute atomic E-state index is 12.7. The van der Waals surface area contributed by atoms with Crippen molar-refractivity contribution in [2.45, 2.75) is 44.1 Å². The minimum absolute atomic E-state index is 0.236. The molecule has 1 aromatic carbocycles. The van der Waals surface area contributed by atoms with Crippen LogP contribution in [0.25, 0.3) is 0 Å². The highest BCUT2D eigenvalue weighted by atomic mass is 16.2. The third-order valence-corrected chi connectivity index (χ3v) is 6.21. The van der Waals surface area contributed by atoms with Gasteiger partial charge in [0.05, 0.1) is 5.92 Å². The first-order valence-corrected chi connectivity index (χ1v) is 9.28. The zero-order chi connectivity index (χ0) is 15.8. The van der Waals surface area contributed by atoms with Crippen molar-refractivity contribution in [3.63, 3.8) is 0 Å². The zero-order valence-electron chi connectivity index (χ0n) is 14.2. The molecule has 3 fully saturated rings. The lowest BCUT2D eigenvalue weighted by atomic mass is 9.98. The second-order valence-electron chi connectivity index (χ2n) is 7.73. The van der Waals surface area contributed by atoms with Crippen LogP contribution < -0.4 is 0 Å². The van der Waals surface area contributed by atoms with Gasteiger partial charge >= 0.3 is 0 Å². The number of likely N-dealkylation sites (tertiary alicyclic amines) is 2. The van der Waals surface area contributed by atoms with Gasteiger partial charge in [-0.1, -0.05) is 36.8 Å². The Hall–Kier alpha value is -1.35. The van der Waals surface area contributed by atoms with Gasteiger partial charge in [-0.25, -0.2) is 0 Å². The number of amides is 1. The minimum atomic E-state index is 0.236. The number of carbonyl (C=O) groups excluding carboxylic acids is 1. The summed E-state index contributed by atoms with van der Waals surface area (Å²) in [4.78, 5) is 17.3. The summed E-state index contributed by atoms with van der Waals surface area (Å²) in [5.41, 5.74) is 1.46. The molecule has 0 radical (unpaired) electrons. The Morgan fingerprint density at radius 1 is 1.04 bits per heavy atom. The molecular weight excluding hydrogens is 284 g/mol. The van der Waals surface area contributed by atoms with Gasteiger partial charge in [-0.3, -0.25) is 4.79 Å².